The van der Waals surface area contributed by atoms with E-state index in [9.17, 15) is 15.3 Å². The standard InChI is InChI=1S/C25H26O3/c1-25(20-8-14-23(27)15-9-20,21-10-16-24(28)17-11-21)18-4-2-3-5-19-6-12-22(26)13-7-19/h2,4,6-17,26-28H,3,5,18H2,1H3/b4-2+. The highest BCUT2D eigenvalue weighted by molar-refractivity contribution is 5.42. The number of hydrogen-bond donors (Lipinski definition) is 3. The molecule has 3 heteroatoms. The molecule has 0 radical (unpaired) electrons. The Kier molecular flexibility index (Phi) is 6.05. The maximum absolute atomic E-state index is 9.64. The molecular weight excluding hydrogens is 348 g/mol. The van der Waals surface area contributed by atoms with Crippen molar-refractivity contribution in [3.63, 3.8) is 0 Å². The molecule has 0 atom stereocenters. The van der Waals surface area contributed by atoms with Gasteiger partial charge in [-0.1, -0.05) is 55.5 Å². The molecule has 0 bridgehead atoms. The molecule has 0 aliphatic rings. The molecule has 3 N–H and O–H groups in total. The lowest BCUT2D eigenvalue weighted by Crippen LogP contribution is -2.22. The zero-order valence-electron chi connectivity index (χ0n) is 16.0. The average Bonchev–Trinajstić information content (AvgIpc) is 2.70. The van der Waals surface area contributed by atoms with Crippen molar-refractivity contribution in [1.82, 2.24) is 0 Å². The summed E-state index contributed by atoms with van der Waals surface area (Å²) in [4.78, 5) is 0. The van der Waals surface area contributed by atoms with Crippen LogP contribution in [0.1, 0.15) is 36.5 Å². The smallest absolute Gasteiger partial charge is 0.115 e. The van der Waals surface area contributed by atoms with Gasteiger partial charge in [0, 0.05) is 5.41 Å². The molecule has 0 spiro atoms. The Balaban J connectivity index is 1.74. The first-order chi connectivity index (χ1) is 13.5. The van der Waals surface area contributed by atoms with E-state index in [4.69, 9.17) is 0 Å². The van der Waals surface area contributed by atoms with Crippen LogP contribution in [0.15, 0.2) is 84.9 Å². The van der Waals surface area contributed by atoms with Crippen LogP contribution in [-0.2, 0) is 11.8 Å². The van der Waals surface area contributed by atoms with Crippen molar-refractivity contribution in [2.45, 2.75) is 31.6 Å². The van der Waals surface area contributed by atoms with Crippen molar-refractivity contribution in [2.24, 2.45) is 0 Å². The van der Waals surface area contributed by atoms with E-state index < -0.39 is 0 Å². The van der Waals surface area contributed by atoms with Crippen LogP contribution in [0, 0.1) is 0 Å². The molecule has 0 amide bonds. The Morgan fingerprint density at radius 3 is 1.54 bits per heavy atom. The van der Waals surface area contributed by atoms with Gasteiger partial charge in [0.25, 0.3) is 0 Å². The van der Waals surface area contributed by atoms with Crippen LogP contribution in [0.3, 0.4) is 0 Å². The molecule has 0 aliphatic carbocycles. The molecule has 0 fully saturated rings. The van der Waals surface area contributed by atoms with Gasteiger partial charge in [0.05, 0.1) is 0 Å². The van der Waals surface area contributed by atoms with E-state index in [-0.39, 0.29) is 22.7 Å². The fraction of sp³-hybridized carbons (Fsp3) is 0.200. The molecule has 3 aromatic carbocycles. The number of aromatic hydroxyl groups is 3. The van der Waals surface area contributed by atoms with Crippen LogP contribution in [0.4, 0.5) is 0 Å². The van der Waals surface area contributed by atoms with Crippen LogP contribution in [0.2, 0.25) is 0 Å². The number of allylic oxidation sites excluding steroid dienone is 2. The fourth-order valence-electron chi connectivity index (χ4n) is 3.41. The molecule has 28 heavy (non-hydrogen) atoms. The summed E-state index contributed by atoms with van der Waals surface area (Å²) in [5.41, 5.74) is 3.15. The van der Waals surface area contributed by atoms with Crippen molar-refractivity contribution < 1.29 is 15.3 Å². The minimum atomic E-state index is -0.267. The minimum absolute atomic E-state index is 0.251. The van der Waals surface area contributed by atoms with E-state index in [1.807, 2.05) is 36.4 Å². The van der Waals surface area contributed by atoms with Gasteiger partial charge in [-0.25, -0.2) is 0 Å². The largest absolute Gasteiger partial charge is 0.508 e. The molecule has 3 aromatic rings. The van der Waals surface area contributed by atoms with E-state index in [0.29, 0.717) is 0 Å². The molecule has 3 nitrogen and oxygen atoms in total. The minimum Gasteiger partial charge on any atom is -0.508 e. The zero-order chi connectivity index (χ0) is 20.0. The summed E-state index contributed by atoms with van der Waals surface area (Å²) in [5, 5.41) is 28.6. The highest BCUT2D eigenvalue weighted by Crippen LogP contribution is 2.37. The first-order valence-electron chi connectivity index (χ1n) is 9.49. The number of rotatable bonds is 7. The van der Waals surface area contributed by atoms with Crippen LogP contribution in [0.25, 0.3) is 0 Å². The number of hydrogen-bond acceptors (Lipinski definition) is 3. The lowest BCUT2D eigenvalue weighted by atomic mass is 9.73. The molecule has 144 valence electrons. The number of phenolic OH excluding ortho intramolecular Hbond substituents is 3. The van der Waals surface area contributed by atoms with Crippen molar-refractivity contribution >= 4 is 0 Å². The van der Waals surface area contributed by atoms with Gasteiger partial charge in [-0.05, 0) is 72.4 Å². The van der Waals surface area contributed by atoms with Gasteiger partial charge in [0.1, 0.15) is 17.2 Å². The van der Waals surface area contributed by atoms with Crippen LogP contribution < -0.4 is 0 Å². The van der Waals surface area contributed by atoms with Gasteiger partial charge in [-0.2, -0.15) is 0 Å². The predicted molar refractivity (Wildman–Crippen MR) is 113 cm³/mol. The molecule has 0 aliphatic heterocycles. The Hall–Kier alpha value is -3.20. The van der Waals surface area contributed by atoms with Crippen LogP contribution in [-0.4, -0.2) is 15.3 Å². The molecule has 0 heterocycles. The van der Waals surface area contributed by atoms with E-state index in [1.54, 1.807) is 36.4 Å². The van der Waals surface area contributed by atoms with Gasteiger partial charge in [0.2, 0.25) is 0 Å². The summed E-state index contributed by atoms with van der Waals surface area (Å²) in [6.07, 6.45) is 7.03. The highest BCUT2D eigenvalue weighted by Gasteiger charge is 2.27. The SMILES string of the molecule is CC(C/C=C/CCc1ccc(O)cc1)(c1ccc(O)cc1)c1ccc(O)cc1. The van der Waals surface area contributed by atoms with Crippen LogP contribution >= 0.6 is 0 Å². The van der Waals surface area contributed by atoms with E-state index >= 15 is 0 Å². The second-order valence-electron chi connectivity index (χ2n) is 7.31. The third-order valence-electron chi connectivity index (χ3n) is 5.24. The van der Waals surface area contributed by atoms with Crippen LogP contribution in [0.5, 0.6) is 17.2 Å². The molecule has 0 saturated carbocycles. The topological polar surface area (TPSA) is 60.7 Å². The van der Waals surface area contributed by atoms with E-state index in [2.05, 4.69) is 19.1 Å². The van der Waals surface area contributed by atoms with Crippen molar-refractivity contribution in [3.05, 3.63) is 102 Å². The normalized spacial score (nSPS) is 11.8. The quantitative estimate of drug-likeness (QED) is 0.466. The molecular formula is C25H26O3. The maximum Gasteiger partial charge on any atom is 0.115 e. The molecule has 0 aromatic heterocycles. The second kappa shape index (κ2) is 8.66. The van der Waals surface area contributed by atoms with E-state index in [1.165, 1.54) is 5.56 Å². The number of phenols is 3. The van der Waals surface area contributed by atoms with Crippen molar-refractivity contribution in [1.29, 1.82) is 0 Å². The second-order valence-corrected chi connectivity index (χ2v) is 7.31. The summed E-state index contributed by atoms with van der Waals surface area (Å²) >= 11 is 0. The first kappa shape index (κ1) is 19.6. The lowest BCUT2D eigenvalue weighted by Gasteiger charge is -2.30. The molecule has 0 saturated heterocycles. The number of benzene rings is 3. The highest BCUT2D eigenvalue weighted by atomic mass is 16.3. The molecule has 0 unspecified atom stereocenters. The third kappa shape index (κ3) is 4.74. The van der Waals surface area contributed by atoms with E-state index in [0.717, 1.165) is 30.4 Å². The summed E-state index contributed by atoms with van der Waals surface area (Å²) in [6, 6.07) is 22.0. The lowest BCUT2D eigenvalue weighted by molar-refractivity contribution is 0.473. The Labute approximate surface area is 166 Å². The zero-order valence-corrected chi connectivity index (χ0v) is 16.0. The fourth-order valence-corrected chi connectivity index (χ4v) is 3.41. The number of aryl methyl sites for hydroxylation is 1. The summed E-state index contributed by atoms with van der Waals surface area (Å²) < 4.78 is 0. The van der Waals surface area contributed by atoms with Crippen molar-refractivity contribution in [3.8, 4) is 17.2 Å². The maximum atomic E-state index is 9.64. The van der Waals surface area contributed by atoms with Gasteiger partial charge in [-0.15, -0.1) is 0 Å². The predicted octanol–water partition coefficient (Wildman–Crippen LogP) is 5.69. The Morgan fingerprint density at radius 2 is 1.07 bits per heavy atom. The Bertz CT molecular complexity index is 862. The molecule has 3 rings (SSSR count). The monoisotopic (exact) mass is 374 g/mol. The third-order valence-corrected chi connectivity index (χ3v) is 5.24. The van der Waals surface area contributed by atoms with Gasteiger partial charge in [0.15, 0.2) is 0 Å². The first-order valence-corrected chi connectivity index (χ1v) is 9.49. The average molecular weight is 374 g/mol. The van der Waals surface area contributed by atoms with Gasteiger partial charge >= 0.3 is 0 Å². The van der Waals surface area contributed by atoms with Gasteiger partial charge in [-0.3, -0.25) is 0 Å². The Morgan fingerprint density at radius 1 is 0.643 bits per heavy atom. The summed E-state index contributed by atoms with van der Waals surface area (Å²) in [6.45, 7) is 2.18. The van der Waals surface area contributed by atoms with Gasteiger partial charge < -0.3 is 15.3 Å². The summed E-state index contributed by atoms with van der Waals surface area (Å²) in [7, 11) is 0. The summed E-state index contributed by atoms with van der Waals surface area (Å²) in [5.74, 6) is 0.792. The van der Waals surface area contributed by atoms with Crippen molar-refractivity contribution in [2.75, 3.05) is 0 Å².